The van der Waals surface area contributed by atoms with Gasteiger partial charge in [0.25, 0.3) is 0 Å². The van der Waals surface area contributed by atoms with Crippen LogP contribution in [0.25, 0.3) is 67.9 Å². The monoisotopic (exact) mass is 648 g/mol. The Morgan fingerprint density at radius 2 is 1.50 bits per heavy atom. The normalized spacial score (nSPS) is 12.4. The number of benzene rings is 2. The van der Waals surface area contributed by atoms with Crippen molar-refractivity contribution in [1.29, 1.82) is 0 Å². The second kappa shape index (κ2) is 7.45. The number of hydrogen-bond donors (Lipinski definition) is 0. The molecular weight excluding hydrogens is 636 g/mol. The molecule has 0 saturated carbocycles. The van der Waals surface area contributed by atoms with Crippen LogP contribution in [0.15, 0.2) is 58.9 Å². The molecule has 8 rings (SSSR count). The molecule has 164 valence electrons. The van der Waals surface area contributed by atoms with Crippen molar-refractivity contribution in [3.8, 4) is 18.6 Å². The van der Waals surface area contributed by atoms with Gasteiger partial charge in [-0.15, -0.1) is 0 Å². The fourth-order valence-electron chi connectivity index (χ4n) is 4.49. The van der Waals surface area contributed by atoms with Crippen molar-refractivity contribution in [2.24, 2.45) is 0 Å². The van der Waals surface area contributed by atoms with Crippen molar-refractivity contribution in [1.82, 2.24) is 0 Å². The van der Waals surface area contributed by atoms with Crippen molar-refractivity contribution in [2.75, 3.05) is 0 Å². The molecule has 6 aromatic heterocycles. The van der Waals surface area contributed by atoms with E-state index in [0.717, 1.165) is 14.2 Å². The van der Waals surface area contributed by atoms with E-state index in [2.05, 4.69) is 36.4 Å². The summed E-state index contributed by atoms with van der Waals surface area (Å²) in [5.41, 5.74) is 0. The van der Waals surface area contributed by atoms with E-state index < -0.39 is 0 Å². The fraction of sp³-hybridized carbons (Fsp3) is 0. The molecule has 0 spiro atoms. The maximum absolute atomic E-state index is 14.2. The third-order valence-electron chi connectivity index (χ3n) is 6.04. The summed E-state index contributed by atoms with van der Waals surface area (Å²) in [6, 6.07) is 16.7. The Morgan fingerprint density at radius 1 is 0.706 bits per heavy atom. The molecule has 0 nitrogen and oxygen atoms in total. The molecule has 0 aliphatic rings. The van der Waals surface area contributed by atoms with E-state index in [9.17, 15) is 8.78 Å². The first-order chi connectivity index (χ1) is 16.6. The van der Waals surface area contributed by atoms with E-state index in [1.165, 1.54) is 65.1 Å². The van der Waals surface area contributed by atoms with Gasteiger partial charge in [-0.3, -0.25) is 0 Å². The van der Waals surface area contributed by atoms with Crippen molar-refractivity contribution in [3.05, 3.63) is 70.5 Å². The molecule has 34 heavy (non-hydrogen) atoms. The molecule has 8 heteroatoms. The number of fused-ring (bicyclic) bond motifs is 7. The Balaban J connectivity index is 1.33. The zero-order valence-electron chi connectivity index (χ0n) is 17.0. The van der Waals surface area contributed by atoms with Crippen molar-refractivity contribution >= 4 is 124 Å². The fourth-order valence-corrected chi connectivity index (χ4v) is 13.7. The third kappa shape index (κ3) is 2.95. The number of halogens is 2. The van der Waals surface area contributed by atoms with Gasteiger partial charge in [0.1, 0.15) is 0 Å². The van der Waals surface area contributed by atoms with Crippen molar-refractivity contribution in [3.63, 3.8) is 0 Å². The average molecular weight is 647 g/mol. The van der Waals surface area contributed by atoms with Crippen molar-refractivity contribution in [2.45, 2.75) is 0 Å². The SMILES string of the molecule is Fc1ccsc1-c1cc2cc3sc4c5cc6[se]c(-c7[se]ccc7F)cc6cc5sc4c3cc2s1. The van der Waals surface area contributed by atoms with Gasteiger partial charge < -0.3 is 0 Å². The van der Waals surface area contributed by atoms with Crippen LogP contribution in [-0.2, 0) is 0 Å². The molecule has 6 heterocycles. The summed E-state index contributed by atoms with van der Waals surface area (Å²) >= 11 is 7.11. The van der Waals surface area contributed by atoms with Gasteiger partial charge in [0.15, 0.2) is 0 Å². The third-order valence-corrected chi connectivity index (χ3v) is 15.6. The van der Waals surface area contributed by atoms with Gasteiger partial charge in [-0.2, -0.15) is 0 Å². The second-order valence-electron chi connectivity index (χ2n) is 8.05. The van der Waals surface area contributed by atoms with Gasteiger partial charge in [0, 0.05) is 0 Å². The predicted molar refractivity (Wildman–Crippen MR) is 150 cm³/mol. The molecule has 0 atom stereocenters. The van der Waals surface area contributed by atoms with Crippen LogP contribution in [0.3, 0.4) is 0 Å². The van der Waals surface area contributed by atoms with E-state index in [-0.39, 0.29) is 40.6 Å². The van der Waals surface area contributed by atoms with Crippen LogP contribution in [0, 0.1) is 11.6 Å². The number of thiophene rings is 4. The molecule has 0 aliphatic carbocycles. The number of rotatable bonds is 2. The topological polar surface area (TPSA) is 0 Å². The summed E-state index contributed by atoms with van der Waals surface area (Å²) in [6.07, 6.45) is 0. The Bertz CT molecular complexity index is 1910. The number of hydrogen-bond acceptors (Lipinski definition) is 4. The molecule has 0 amide bonds. The quantitative estimate of drug-likeness (QED) is 0.164. The Morgan fingerprint density at radius 3 is 2.24 bits per heavy atom. The minimum absolute atomic E-state index is 0.0421. The minimum atomic E-state index is -0.138. The van der Waals surface area contributed by atoms with E-state index in [0.29, 0.717) is 0 Å². The Hall–Kier alpha value is -1.60. The van der Waals surface area contributed by atoms with E-state index in [1.54, 1.807) is 23.5 Å². The van der Waals surface area contributed by atoms with Gasteiger partial charge in [0.05, 0.1) is 0 Å². The van der Waals surface area contributed by atoms with Crippen LogP contribution in [-0.4, -0.2) is 29.0 Å². The average Bonchev–Trinajstić information content (AvgIpc) is 3.63. The second-order valence-corrected chi connectivity index (χ2v) is 16.4. The van der Waals surface area contributed by atoms with Crippen LogP contribution in [0.2, 0.25) is 0 Å². The van der Waals surface area contributed by atoms with Crippen LogP contribution < -0.4 is 0 Å². The van der Waals surface area contributed by atoms with Crippen LogP contribution in [0.1, 0.15) is 0 Å². The summed E-state index contributed by atoms with van der Waals surface area (Å²) in [5.74, 6) is -0.180. The first-order valence-corrected chi connectivity index (χ1v) is 17.2. The summed E-state index contributed by atoms with van der Waals surface area (Å²) in [5, 5.41) is 6.86. The molecule has 0 unspecified atom stereocenters. The van der Waals surface area contributed by atoms with Gasteiger partial charge >= 0.3 is 206 Å². The summed E-state index contributed by atoms with van der Waals surface area (Å²) in [4.78, 5) is 3.70. The first-order valence-electron chi connectivity index (χ1n) is 10.3. The van der Waals surface area contributed by atoms with E-state index in [4.69, 9.17) is 0 Å². The molecule has 0 aliphatic heterocycles. The van der Waals surface area contributed by atoms with Gasteiger partial charge in [-0.1, -0.05) is 0 Å². The maximum atomic E-state index is 14.2. The summed E-state index contributed by atoms with van der Waals surface area (Å²) in [6.45, 7) is 0. The molecule has 0 bridgehead atoms. The summed E-state index contributed by atoms with van der Waals surface area (Å²) in [7, 11) is 0. The van der Waals surface area contributed by atoms with E-state index in [1.807, 2.05) is 33.0 Å². The predicted octanol–water partition coefficient (Wildman–Crippen LogP) is 9.42. The molecule has 8 aromatic rings. The standard InChI is InChI=1S/C26H10F2S4Se2/c27-15-1-3-29-25(15)20-6-11-5-18-13(9-17(11)30-20)23-24(31-18)14-10-21-12(7-19(14)32-23)8-22(34-21)26-16(28)2-4-33-26/h1-10H. The molecule has 0 fully saturated rings. The van der Waals surface area contributed by atoms with Gasteiger partial charge in [-0.25, -0.2) is 4.39 Å². The van der Waals surface area contributed by atoms with Gasteiger partial charge in [-0.05, 0) is 11.4 Å². The molecule has 0 radical (unpaired) electrons. The Labute approximate surface area is 219 Å². The summed E-state index contributed by atoms with van der Waals surface area (Å²) < 4.78 is 38.3. The molecule has 2 aromatic carbocycles. The molecule has 0 N–H and O–H groups in total. The molecule has 0 saturated heterocycles. The zero-order chi connectivity index (χ0) is 22.6. The van der Waals surface area contributed by atoms with Crippen molar-refractivity contribution < 1.29 is 8.78 Å². The van der Waals surface area contributed by atoms with Crippen LogP contribution in [0.4, 0.5) is 8.78 Å². The Kier molecular flexibility index (Phi) is 4.51. The molecular formula is C26H10F2S4Se2. The van der Waals surface area contributed by atoms with Crippen LogP contribution >= 0.6 is 45.3 Å². The first kappa shape index (κ1) is 20.6. The zero-order valence-corrected chi connectivity index (χ0v) is 23.7. The van der Waals surface area contributed by atoms with Crippen LogP contribution in [0.5, 0.6) is 0 Å². The van der Waals surface area contributed by atoms with Gasteiger partial charge in [0.2, 0.25) is 0 Å². The van der Waals surface area contributed by atoms with E-state index >= 15 is 0 Å².